The van der Waals surface area contributed by atoms with Crippen molar-refractivity contribution in [3.63, 3.8) is 0 Å². The van der Waals surface area contributed by atoms with Crippen LogP contribution in [-0.4, -0.2) is 32.2 Å². The Labute approximate surface area is 98.5 Å². The number of thioether (sulfide) groups is 1. The van der Waals surface area contributed by atoms with E-state index < -0.39 is 0 Å². The zero-order valence-electron chi connectivity index (χ0n) is 9.45. The average molecular weight is 237 g/mol. The molecule has 0 aliphatic heterocycles. The van der Waals surface area contributed by atoms with Crippen LogP contribution in [0.3, 0.4) is 0 Å². The summed E-state index contributed by atoms with van der Waals surface area (Å²) in [5.74, 6) is 1.71. The van der Waals surface area contributed by atoms with Gasteiger partial charge in [0.2, 0.25) is 5.95 Å². The molecule has 0 saturated heterocycles. The van der Waals surface area contributed by atoms with E-state index in [-0.39, 0.29) is 0 Å². The predicted molar refractivity (Wildman–Crippen MR) is 66.9 cm³/mol. The lowest BCUT2D eigenvalue weighted by atomic mass is 10.5. The molecule has 16 heavy (non-hydrogen) atoms. The van der Waals surface area contributed by atoms with E-state index in [9.17, 15) is 0 Å². The monoisotopic (exact) mass is 237 g/mol. The van der Waals surface area contributed by atoms with Gasteiger partial charge >= 0.3 is 0 Å². The van der Waals surface area contributed by atoms with Gasteiger partial charge in [-0.05, 0) is 19.1 Å². The molecule has 2 aromatic rings. The van der Waals surface area contributed by atoms with Crippen molar-refractivity contribution in [1.82, 2.24) is 19.9 Å². The third-order valence-electron chi connectivity index (χ3n) is 2.03. The molecular formula is C10H15N5S. The molecule has 86 valence electrons. The Morgan fingerprint density at radius 1 is 1.38 bits per heavy atom. The number of rotatable bonds is 5. The lowest BCUT2D eigenvalue weighted by Gasteiger charge is -2.04. The Morgan fingerprint density at radius 3 is 3.00 bits per heavy atom. The van der Waals surface area contributed by atoms with Crippen molar-refractivity contribution in [3.8, 4) is 0 Å². The van der Waals surface area contributed by atoms with Gasteiger partial charge < -0.3 is 10.3 Å². The lowest BCUT2D eigenvalue weighted by molar-refractivity contribution is 1.03. The van der Waals surface area contributed by atoms with Crippen LogP contribution < -0.4 is 5.32 Å². The van der Waals surface area contributed by atoms with Crippen LogP contribution in [-0.2, 0) is 0 Å². The third-order valence-corrected chi connectivity index (χ3v) is 3.21. The van der Waals surface area contributed by atoms with Gasteiger partial charge in [0.1, 0.15) is 10.5 Å². The van der Waals surface area contributed by atoms with Crippen LogP contribution in [0.25, 0.3) is 11.2 Å². The quantitative estimate of drug-likeness (QED) is 0.617. The highest BCUT2D eigenvalue weighted by atomic mass is 32.2. The number of imidazole rings is 1. The summed E-state index contributed by atoms with van der Waals surface area (Å²) in [7, 11) is 0. The van der Waals surface area contributed by atoms with Crippen LogP contribution in [0.1, 0.15) is 20.3 Å². The number of H-pyrrole nitrogens is 1. The average Bonchev–Trinajstić information content (AvgIpc) is 2.74. The number of aromatic amines is 1. The molecular weight excluding hydrogens is 222 g/mol. The number of hydrogen-bond acceptors (Lipinski definition) is 5. The van der Waals surface area contributed by atoms with Gasteiger partial charge in [-0.1, -0.05) is 6.92 Å². The Balaban J connectivity index is 2.38. The highest BCUT2D eigenvalue weighted by Gasteiger charge is 2.09. The van der Waals surface area contributed by atoms with E-state index in [1.54, 1.807) is 18.1 Å². The van der Waals surface area contributed by atoms with Crippen LogP contribution in [0.4, 0.5) is 5.95 Å². The summed E-state index contributed by atoms with van der Waals surface area (Å²) in [5.41, 5.74) is 1.66. The van der Waals surface area contributed by atoms with E-state index in [0.717, 1.165) is 34.9 Å². The highest BCUT2D eigenvalue weighted by Crippen LogP contribution is 2.24. The molecule has 0 aliphatic rings. The number of hydrogen-bond donors (Lipinski definition) is 2. The topological polar surface area (TPSA) is 66.5 Å². The third kappa shape index (κ3) is 2.27. The number of aromatic nitrogens is 4. The smallest absolute Gasteiger partial charge is 0.225 e. The van der Waals surface area contributed by atoms with E-state index in [4.69, 9.17) is 0 Å². The summed E-state index contributed by atoms with van der Waals surface area (Å²) in [6, 6.07) is 0. The second-order valence-corrected chi connectivity index (χ2v) is 4.42. The molecule has 6 heteroatoms. The fourth-order valence-electron chi connectivity index (χ4n) is 1.35. The van der Waals surface area contributed by atoms with E-state index >= 15 is 0 Å². The van der Waals surface area contributed by atoms with Crippen LogP contribution >= 0.6 is 11.8 Å². The Morgan fingerprint density at radius 2 is 2.25 bits per heavy atom. The van der Waals surface area contributed by atoms with Crippen molar-refractivity contribution in [1.29, 1.82) is 0 Å². The summed E-state index contributed by atoms with van der Waals surface area (Å²) in [4.78, 5) is 16.0. The zero-order chi connectivity index (χ0) is 11.4. The minimum absolute atomic E-state index is 0.653. The van der Waals surface area contributed by atoms with Gasteiger partial charge in [0.05, 0.1) is 6.33 Å². The normalized spacial score (nSPS) is 10.9. The molecule has 0 amide bonds. The molecule has 2 heterocycles. The minimum atomic E-state index is 0.653. The first-order chi connectivity index (χ1) is 7.85. The van der Waals surface area contributed by atoms with E-state index in [0.29, 0.717) is 5.95 Å². The molecule has 0 fully saturated rings. The fourth-order valence-corrected chi connectivity index (χ4v) is 2.19. The number of anilines is 1. The van der Waals surface area contributed by atoms with Crippen molar-refractivity contribution in [2.75, 3.05) is 17.6 Å². The minimum Gasteiger partial charge on any atom is -0.354 e. The Bertz CT molecular complexity index is 467. The fraction of sp³-hybridized carbons (Fsp3) is 0.500. The maximum absolute atomic E-state index is 4.47. The molecule has 0 aliphatic carbocycles. The largest absolute Gasteiger partial charge is 0.354 e. The van der Waals surface area contributed by atoms with E-state index in [1.807, 2.05) is 6.92 Å². The van der Waals surface area contributed by atoms with Gasteiger partial charge in [0, 0.05) is 6.54 Å². The van der Waals surface area contributed by atoms with Crippen molar-refractivity contribution in [3.05, 3.63) is 6.33 Å². The Kier molecular flexibility index (Phi) is 3.61. The van der Waals surface area contributed by atoms with Crippen molar-refractivity contribution < 1.29 is 0 Å². The highest BCUT2D eigenvalue weighted by molar-refractivity contribution is 7.99. The van der Waals surface area contributed by atoms with E-state index in [2.05, 4.69) is 32.2 Å². The van der Waals surface area contributed by atoms with Crippen molar-refractivity contribution in [2.45, 2.75) is 25.3 Å². The number of nitrogens with zero attached hydrogens (tertiary/aromatic N) is 3. The second kappa shape index (κ2) is 5.16. The van der Waals surface area contributed by atoms with E-state index in [1.165, 1.54) is 0 Å². The van der Waals surface area contributed by atoms with Gasteiger partial charge in [0.25, 0.3) is 0 Å². The SMILES string of the molecule is CCCSc1nc(NCC)nc2nc[nH]c12. The van der Waals surface area contributed by atoms with Gasteiger partial charge in [-0.25, -0.2) is 9.97 Å². The van der Waals surface area contributed by atoms with Crippen LogP contribution in [0, 0.1) is 0 Å². The van der Waals surface area contributed by atoms with Gasteiger partial charge in [-0.3, -0.25) is 0 Å². The molecule has 0 atom stereocenters. The summed E-state index contributed by atoms with van der Waals surface area (Å²) in [6.45, 7) is 4.99. The molecule has 0 radical (unpaired) electrons. The zero-order valence-corrected chi connectivity index (χ0v) is 10.3. The maximum Gasteiger partial charge on any atom is 0.225 e. The first-order valence-corrected chi connectivity index (χ1v) is 6.41. The summed E-state index contributed by atoms with van der Waals surface area (Å²) in [6.07, 6.45) is 2.78. The second-order valence-electron chi connectivity index (χ2n) is 3.33. The molecule has 2 rings (SSSR count). The summed E-state index contributed by atoms with van der Waals surface area (Å²) < 4.78 is 0. The molecule has 0 bridgehead atoms. The molecule has 0 unspecified atom stereocenters. The first kappa shape index (κ1) is 11.2. The Hall–Kier alpha value is -1.30. The number of nitrogens with one attached hydrogen (secondary N) is 2. The van der Waals surface area contributed by atoms with Crippen molar-refractivity contribution >= 4 is 28.9 Å². The molecule has 0 aromatic carbocycles. The van der Waals surface area contributed by atoms with Gasteiger partial charge in [-0.2, -0.15) is 4.98 Å². The summed E-state index contributed by atoms with van der Waals surface area (Å²) in [5, 5.41) is 4.09. The molecule has 5 nitrogen and oxygen atoms in total. The van der Waals surface area contributed by atoms with Gasteiger partial charge in [0.15, 0.2) is 5.65 Å². The maximum atomic E-state index is 4.47. The summed E-state index contributed by atoms with van der Waals surface area (Å²) >= 11 is 1.73. The predicted octanol–water partition coefficient (Wildman–Crippen LogP) is 2.29. The molecule has 2 N–H and O–H groups in total. The van der Waals surface area contributed by atoms with Crippen LogP contribution in [0.5, 0.6) is 0 Å². The molecule has 0 saturated carbocycles. The molecule has 0 spiro atoms. The first-order valence-electron chi connectivity index (χ1n) is 5.43. The van der Waals surface area contributed by atoms with Crippen LogP contribution in [0.2, 0.25) is 0 Å². The molecule has 2 aromatic heterocycles. The lowest BCUT2D eigenvalue weighted by Crippen LogP contribution is -2.03. The van der Waals surface area contributed by atoms with Crippen LogP contribution in [0.15, 0.2) is 11.4 Å². The standard InChI is InChI=1S/C10H15N5S/c1-3-5-16-9-7-8(13-6-12-7)14-10(15-9)11-4-2/h6H,3-5H2,1-2H3,(H2,11,12,13,14,15). The van der Waals surface area contributed by atoms with Crippen molar-refractivity contribution in [2.24, 2.45) is 0 Å². The number of fused-ring (bicyclic) bond motifs is 1. The van der Waals surface area contributed by atoms with Gasteiger partial charge in [-0.15, -0.1) is 11.8 Å².